The molecule has 0 aliphatic heterocycles. The Morgan fingerprint density at radius 1 is 0.435 bits per heavy atom. The summed E-state index contributed by atoms with van der Waals surface area (Å²) < 4.78 is 0. The van der Waals surface area contributed by atoms with Gasteiger partial charge in [0.1, 0.15) is 0 Å². The van der Waals surface area contributed by atoms with E-state index in [2.05, 4.69) is 187 Å². The molecule has 0 atom stereocenters. The summed E-state index contributed by atoms with van der Waals surface area (Å²) >= 11 is 0. The van der Waals surface area contributed by atoms with Crippen LogP contribution in [0.2, 0.25) is 0 Å². The molecule has 2 heteroatoms. The van der Waals surface area contributed by atoms with E-state index in [1.807, 2.05) is 18.2 Å². The summed E-state index contributed by atoms with van der Waals surface area (Å²) in [6.45, 7) is 4.51. The predicted octanol–water partition coefficient (Wildman–Crippen LogP) is 11.9. The molecule has 2 nitrogen and oxygen atoms in total. The zero-order valence-corrected chi connectivity index (χ0v) is 26.2. The van der Waals surface area contributed by atoms with E-state index >= 15 is 0 Å². The van der Waals surface area contributed by atoms with Crippen molar-refractivity contribution in [2.75, 3.05) is 23.4 Å². The third-order valence-corrected chi connectivity index (χ3v) is 8.18. The Morgan fingerprint density at radius 3 is 1.41 bits per heavy atom. The number of anilines is 4. The van der Waals surface area contributed by atoms with E-state index in [9.17, 15) is 0 Å². The van der Waals surface area contributed by atoms with E-state index < -0.39 is 0 Å². The monoisotopic (exact) mass is 594 g/mol. The van der Waals surface area contributed by atoms with Crippen LogP contribution in [0.1, 0.15) is 0 Å². The van der Waals surface area contributed by atoms with Gasteiger partial charge >= 0.3 is 0 Å². The average Bonchev–Trinajstić information content (AvgIpc) is 3.14. The van der Waals surface area contributed by atoms with Crippen LogP contribution in [0.15, 0.2) is 195 Å². The van der Waals surface area contributed by atoms with Crippen LogP contribution in [-0.4, -0.2) is 13.6 Å². The summed E-state index contributed by atoms with van der Waals surface area (Å²) in [4.78, 5) is 4.57. The van der Waals surface area contributed by atoms with Crippen LogP contribution in [0.4, 0.5) is 22.7 Å². The van der Waals surface area contributed by atoms with Gasteiger partial charge in [0.15, 0.2) is 0 Å². The fraction of sp³-hybridized carbons (Fsp3) is 0.0455. The van der Waals surface area contributed by atoms with Gasteiger partial charge in [0.2, 0.25) is 0 Å². The van der Waals surface area contributed by atoms with Gasteiger partial charge in [-0.25, -0.2) is 0 Å². The minimum Gasteiger partial charge on any atom is -0.345 e. The molecule has 0 saturated carbocycles. The molecule has 6 aromatic rings. The Bertz CT molecular complexity index is 1900. The van der Waals surface area contributed by atoms with Crippen molar-refractivity contribution in [3.05, 3.63) is 195 Å². The minimum atomic E-state index is 0.742. The van der Waals surface area contributed by atoms with Crippen molar-refractivity contribution in [1.29, 1.82) is 0 Å². The zero-order chi connectivity index (χ0) is 31.6. The largest absolute Gasteiger partial charge is 0.345 e. The standard InChI is InChI=1S/C44H38N2/c1-3-4-5-6-13-33-46(44-20-14-19-40(34-44)36-17-11-8-12-18-36)43-31-25-39(26-32-43)38-23-29-42(30-24-38)45(2)41-27-21-37(22-28-41)35-15-9-7-10-16-35/h3-32,34H,1,33H2,2H3/b5-4-,13-6-. The number of hydrogen-bond donors (Lipinski definition) is 0. The van der Waals surface area contributed by atoms with Crippen LogP contribution >= 0.6 is 0 Å². The molecule has 0 heterocycles. The normalized spacial score (nSPS) is 11.2. The highest BCUT2D eigenvalue weighted by molar-refractivity contribution is 5.76. The van der Waals surface area contributed by atoms with Gasteiger partial charge in [-0.3, -0.25) is 0 Å². The van der Waals surface area contributed by atoms with Crippen LogP contribution in [-0.2, 0) is 0 Å². The van der Waals surface area contributed by atoms with Crippen molar-refractivity contribution in [2.24, 2.45) is 0 Å². The predicted molar refractivity (Wildman–Crippen MR) is 199 cm³/mol. The van der Waals surface area contributed by atoms with Crippen LogP contribution < -0.4 is 9.80 Å². The number of benzene rings is 6. The molecular weight excluding hydrogens is 556 g/mol. The lowest BCUT2D eigenvalue weighted by molar-refractivity contribution is 1.10. The van der Waals surface area contributed by atoms with Gasteiger partial charge in [-0.1, -0.05) is 146 Å². The van der Waals surface area contributed by atoms with Gasteiger partial charge in [-0.15, -0.1) is 0 Å². The molecule has 0 saturated heterocycles. The summed E-state index contributed by atoms with van der Waals surface area (Å²) in [5, 5.41) is 0. The van der Waals surface area contributed by atoms with E-state index in [0.29, 0.717) is 0 Å². The maximum Gasteiger partial charge on any atom is 0.0419 e. The first-order valence-electron chi connectivity index (χ1n) is 15.7. The molecule has 224 valence electrons. The van der Waals surface area contributed by atoms with Gasteiger partial charge in [0, 0.05) is 36.3 Å². The molecule has 0 bridgehead atoms. The van der Waals surface area contributed by atoms with Gasteiger partial charge in [-0.05, 0) is 81.9 Å². The lowest BCUT2D eigenvalue weighted by Crippen LogP contribution is -2.16. The van der Waals surface area contributed by atoms with Crippen LogP contribution in [0.5, 0.6) is 0 Å². The van der Waals surface area contributed by atoms with Gasteiger partial charge < -0.3 is 9.80 Å². The average molecular weight is 595 g/mol. The highest BCUT2D eigenvalue weighted by atomic mass is 15.1. The second-order valence-corrected chi connectivity index (χ2v) is 11.1. The van der Waals surface area contributed by atoms with Gasteiger partial charge in [0.05, 0.1) is 0 Å². The van der Waals surface area contributed by atoms with Crippen molar-refractivity contribution >= 4 is 22.7 Å². The number of hydrogen-bond acceptors (Lipinski definition) is 2. The molecular formula is C44H38N2. The third-order valence-electron chi connectivity index (χ3n) is 8.18. The molecule has 0 spiro atoms. The Balaban J connectivity index is 1.20. The highest BCUT2D eigenvalue weighted by Crippen LogP contribution is 2.33. The Kier molecular flexibility index (Phi) is 9.67. The molecule has 0 aromatic heterocycles. The van der Waals surface area contributed by atoms with E-state index in [1.165, 1.54) is 33.4 Å². The molecule has 0 unspecified atom stereocenters. The van der Waals surface area contributed by atoms with Gasteiger partial charge in [-0.2, -0.15) is 0 Å². The third kappa shape index (κ3) is 7.26. The molecule has 0 radical (unpaired) electrons. The zero-order valence-electron chi connectivity index (χ0n) is 26.2. The quantitative estimate of drug-likeness (QED) is 0.138. The Hall–Kier alpha value is -5.86. The first-order valence-corrected chi connectivity index (χ1v) is 15.7. The molecule has 0 aliphatic carbocycles. The summed E-state index contributed by atoms with van der Waals surface area (Å²) in [7, 11) is 2.12. The summed E-state index contributed by atoms with van der Waals surface area (Å²) in [6, 6.07) is 56.2. The number of nitrogens with zero attached hydrogens (tertiary/aromatic N) is 2. The Labute approximate surface area is 273 Å². The molecule has 6 rings (SSSR count). The number of allylic oxidation sites excluding steroid dienone is 4. The van der Waals surface area contributed by atoms with Crippen molar-refractivity contribution < 1.29 is 0 Å². The molecule has 0 fully saturated rings. The van der Waals surface area contributed by atoms with E-state index in [-0.39, 0.29) is 0 Å². The molecule has 0 amide bonds. The smallest absolute Gasteiger partial charge is 0.0419 e. The first kappa shape index (κ1) is 30.2. The highest BCUT2D eigenvalue weighted by Gasteiger charge is 2.11. The van der Waals surface area contributed by atoms with Crippen LogP contribution in [0.25, 0.3) is 33.4 Å². The fourth-order valence-electron chi connectivity index (χ4n) is 5.60. The minimum absolute atomic E-state index is 0.742. The van der Waals surface area contributed by atoms with E-state index in [0.717, 1.165) is 29.3 Å². The van der Waals surface area contributed by atoms with E-state index in [1.54, 1.807) is 6.08 Å². The fourth-order valence-corrected chi connectivity index (χ4v) is 5.60. The summed E-state index contributed by atoms with van der Waals surface area (Å²) in [5.41, 5.74) is 11.8. The van der Waals surface area contributed by atoms with Crippen LogP contribution in [0.3, 0.4) is 0 Å². The van der Waals surface area contributed by atoms with Crippen molar-refractivity contribution in [1.82, 2.24) is 0 Å². The van der Waals surface area contributed by atoms with Gasteiger partial charge in [0.25, 0.3) is 0 Å². The molecule has 0 aliphatic rings. The SMILES string of the molecule is C=C/C=C\C=C/CN(c1ccc(-c2ccc(N(C)c3ccc(-c4ccccc4)cc3)cc2)cc1)c1cccc(-c2ccccc2)c1. The molecule has 6 aromatic carbocycles. The molecule has 46 heavy (non-hydrogen) atoms. The molecule has 0 N–H and O–H groups in total. The maximum atomic E-state index is 3.77. The van der Waals surface area contributed by atoms with Crippen LogP contribution in [0, 0.1) is 0 Å². The second kappa shape index (κ2) is 14.7. The summed E-state index contributed by atoms with van der Waals surface area (Å²) in [5.74, 6) is 0. The van der Waals surface area contributed by atoms with Crippen molar-refractivity contribution in [3.8, 4) is 33.4 Å². The summed E-state index contributed by atoms with van der Waals surface area (Å²) in [6.07, 6.45) is 9.98. The topological polar surface area (TPSA) is 6.48 Å². The van der Waals surface area contributed by atoms with E-state index in [4.69, 9.17) is 0 Å². The maximum absolute atomic E-state index is 3.77. The van der Waals surface area contributed by atoms with Crippen molar-refractivity contribution in [2.45, 2.75) is 0 Å². The lowest BCUT2D eigenvalue weighted by Gasteiger charge is -2.25. The first-order chi connectivity index (χ1) is 22.7. The Morgan fingerprint density at radius 2 is 0.891 bits per heavy atom. The number of rotatable bonds is 11. The second-order valence-electron chi connectivity index (χ2n) is 11.1. The van der Waals surface area contributed by atoms with Crippen molar-refractivity contribution in [3.63, 3.8) is 0 Å². The lowest BCUT2D eigenvalue weighted by atomic mass is 10.0.